The van der Waals surface area contributed by atoms with Gasteiger partial charge >= 0.3 is 0 Å². The SMILES string of the molecule is CCCCc1cccc(C(=O)c2ccccc2)c1C1CCCCC1. The maximum Gasteiger partial charge on any atom is 0.193 e. The summed E-state index contributed by atoms with van der Waals surface area (Å²) in [5, 5.41) is 0. The van der Waals surface area contributed by atoms with Gasteiger partial charge in [-0.05, 0) is 42.7 Å². The molecule has 24 heavy (non-hydrogen) atoms. The average Bonchev–Trinajstić information content (AvgIpc) is 2.67. The van der Waals surface area contributed by atoms with E-state index in [0.717, 1.165) is 17.5 Å². The summed E-state index contributed by atoms with van der Waals surface area (Å²) >= 11 is 0. The van der Waals surface area contributed by atoms with Crippen molar-refractivity contribution in [2.75, 3.05) is 0 Å². The maximum atomic E-state index is 13.1. The van der Waals surface area contributed by atoms with Crippen molar-refractivity contribution >= 4 is 5.78 Å². The van der Waals surface area contributed by atoms with Gasteiger partial charge in [-0.3, -0.25) is 4.79 Å². The highest BCUT2D eigenvalue weighted by molar-refractivity contribution is 6.10. The van der Waals surface area contributed by atoms with Crippen LogP contribution in [0, 0.1) is 0 Å². The Bertz CT molecular complexity index is 666. The summed E-state index contributed by atoms with van der Waals surface area (Å²) in [5.74, 6) is 0.754. The molecular formula is C23H28O. The van der Waals surface area contributed by atoms with Crippen LogP contribution in [0.25, 0.3) is 0 Å². The number of unbranched alkanes of at least 4 members (excludes halogenated alkanes) is 1. The third kappa shape index (κ3) is 3.77. The lowest BCUT2D eigenvalue weighted by Gasteiger charge is -2.26. The Morgan fingerprint density at radius 3 is 2.42 bits per heavy atom. The molecule has 0 spiro atoms. The van der Waals surface area contributed by atoms with Gasteiger partial charge in [-0.25, -0.2) is 0 Å². The Labute approximate surface area is 146 Å². The van der Waals surface area contributed by atoms with Crippen molar-refractivity contribution in [3.63, 3.8) is 0 Å². The number of hydrogen-bond donors (Lipinski definition) is 0. The molecule has 0 bridgehead atoms. The molecule has 1 aliphatic carbocycles. The van der Waals surface area contributed by atoms with Crippen LogP contribution in [0.3, 0.4) is 0 Å². The molecule has 1 fully saturated rings. The third-order valence-corrected chi connectivity index (χ3v) is 5.29. The highest BCUT2D eigenvalue weighted by Crippen LogP contribution is 2.37. The smallest absolute Gasteiger partial charge is 0.193 e. The van der Waals surface area contributed by atoms with Gasteiger partial charge in [-0.2, -0.15) is 0 Å². The van der Waals surface area contributed by atoms with Gasteiger partial charge in [0.2, 0.25) is 0 Å². The van der Waals surface area contributed by atoms with E-state index in [1.165, 1.54) is 56.1 Å². The summed E-state index contributed by atoms with van der Waals surface area (Å²) < 4.78 is 0. The Morgan fingerprint density at radius 2 is 1.71 bits per heavy atom. The molecule has 1 aliphatic rings. The van der Waals surface area contributed by atoms with Crippen LogP contribution in [0.5, 0.6) is 0 Å². The van der Waals surface area contributed by atoms with Crippen LogP contribution in [-0.2, 0) is 6.42 Å². The second-order valence-electron chi connectivity index (χ2n) is 7.01. The molecule has 0 atom stereocenters. The molecule has 2 aromatic carbocycles. The number of benzene rings is 2. The van der Waals surface area contributed by atoms with Crippen LogP contribution in [0.2, 0.25) is 0 Å². The van der Waals surface area contributed by atoms with Gasteiger partial charge in [0.15, 0.2) is 5.78 Å². The van der Waals surface area contributed by atoms with Gasteiger partial charge in [0.05, 0.1) is 0 Å². The highest BCUT2D eigenvalue weighted by Gasteiger charge is 2.24. The summed E-state index contributed by atoms with van der Waals surface area (Å²) in [7, 11) is 0. The standard InChI is InChI=1S/C23H28O/c1-2-3-11-18-16-10-17-21(22(18)19-12-6-4-7-13-19)23(24)20-14-8-5-9-15-20/h5,8-10,14-17,19H,2-4,6-7,11-13H2,1H3. The van der Waals surface area contributed by atoms with Gasteiger partial charge < -0.3 is 0 Å². The Kier molecular flexibility index (Phi) is 5.85. The van der Waals surface area contributed by atoms with Crippen molar-refractivity contribution in [2.24, 2.45) is 0 Å². The van der Waals surface area contributed by atoms with E-state index in [2.05, 4.69) is 25.1 Å². The van der Waals surface area contributed by atoms with Crippen molar-refractivity contribution in [2.45, 2.75) is 64.2 Å². The van der Waals surface area contributed by atoms with Crippen molar-refractivity contribution in [1.82, 2.24) is 0 Å². The summed E-state index contributed by atoms with van der Waals surface area (Å²) in [6.45, 7) is 2.24. The van der Waals surface area contributed by atoms with E-state index in [0.29, 0.717) is 5.92 Å². The lowest BCUT2D eigenvalue weighted by atomic mass is 9.78. The molecule has 1 nitrogen and oxygen atoms in total. The molecule has 126 valence electrons. The van der Waals surface area contributed by atoms with Gasteiger partial charge in [-0.1, -0.05) is 81.1 Å². The normalized spacial score (nSPS) is 15.4. The number of ketones is 1. The lowest BCUT2D eigenvalue weighted by molar-refractivity contribution is 0.103. The molecular weight excluding hydrogens is 292 g/mol. The van der Waals surface area contributed by atoms with E-state index in [1.807, 2.05) is 30.3 Å². The van der Waals surface area contributed by atoms with E-state index in [1.54, 1.807) is 0 Å². The molecule has 3 rings (SSSR count). The van der Waals surface area contributed by atoms with Crippen LogP contribution in [-0.4, -0.2) is 5.78 Å². The van der Waals surface area contributed by atoms with E-state index in [9.17, 15) is 4.79 Å². The quantitative estimate of drug-likeness (QED) is 0.570. The molecule has 0 aliphatic heterocycles. The Balaban J connectivity index is 2.02. The summed E-state index contributed by atoms with van der Waals surface area (Å²) in [4.78, 5) is 13.1. The molecule has 0 aromatic heterocycles. The van der Waals surface area contributed by atoms with E-state index in [-0.39, 0.29) is 5.78 Å². The fourth-order valence-electron chi connectivity index (χ4n) is 4.01. The maximum absolute atomic E-state index is 13.1. The number of carbonyl (C=O) groups excluding carboxylic acids is 1. The van der Waals surface area contributed by atoms with Crippen LogP contribution in [0.1, 0.15) is 84.8 Å². The fourth-order valence-corrected chi connectivity index (χ4v) is 4.01. The molecule has 2 aromatic rings. The van der Waals surface area contributed by atoms with Gasteiger partial charge in [0, 0.05) is 11.1 Å². The zero-order valence-corrected chi connectivity index (χ0v) is 14.8. The van der Waals surface area contributed by atoms with Gasteiger partial charge in [0.1, 0.15) is 0 Å². The Hall–Kier alpha value is -1.89. The van der Waals surface area contributed by atoms with Gasteiger partial charge in [-0.15, -0.1) is 0 Å². The highest BCUT2D eigenvalue weighted by atomic mass is 16.1. The Morgan fingerprint density at radius 1 is 0.958 bits per heavy atom. The van der Waals surface area contributed by atoms with Crippen molar-refractivity contribution in [3.8, 4) is 0 Å². The van der Waals surface area contributed by atoms with Crippen molar-refractivity contribution < 1.29 is 4.79 Å². The molecule has 1 heteroatoms. The van der Waals surface area contributed by atoms with E-state index < -0.39 is 0 Å². The largest absolute Gasteiger partial charge is 0.289 e. The number of hydrogen-bond acceptors (Lipinski definition) is 1. The first kappa shape index (κ1) is 17.0. The number of carbonyl (C=O) groups is 1. The van der Waals surface area contributed by atoms with Crippen molar-refractivity contribution in [3.05, 3.63) is 70.8 Å². The van der Waals surface area contributed by atoms with Crippen LogP contribution in [0.15, 0.2) is 48.5 Å². The first-order chi connectivity index (χ1) is 11.8. The van der Waals surface area contributed by atoms with Gasteiger partial charge in [0.25, 0.3) is 0 Å². The molecule has 0 radical (unpaired) electrons. The third-order valence-electron chi connectivity index (χ3n) is 5.29. The second kappa shape index (κ2) is 8.28. The molecule has 0 saturated heterocycles. The molecule has 0 N–H and O–H groups in total. The zero-order chi connectivity index (χ0) is 16.8. The first-order valence-corrected chi connectivity index (χ1v) is 9.52. The average molecular weight is 320 g/mol. The summed E-state index contributed by atoms with van der Waals surface area (Å²) in [6, 6.07) is 16.1. The first-order valence-electron chi connectivity index (χ1n) is 9.52. The minimum Gasteiger partial charge on any atom is -0.289 e. The van der Waals surface area contributed by atoms with Crippen LogP contribution in [0.4, 0.5) is 0 Å². The number of aryl methyl sites for hydroxylation is 1. The predicted octanol–water partition coefficient (Wildman–Crippen LogP) is 6.31. The minimum atomic E-state index is 0.189. The van der Waals surface area contributed by atoms with E-state index in [4.69, 9.17) is 0 Å². The topological polar surface area (TPSA) is 17.1 Å². The molecule has 1 saturated carbocycles. The molecule has 0 heterocycles. The predicted molar refractivity (Wildman–Crippen MR) is 101 cm³/mol. The fraction of sp³-hybridized carbons (Fsp3) is 0.435. The number of rotatable bonds is 6. The zero-order valence-electron chi connectivity index (χ0n) is 14.8. The summed E-state index contributed by atoms with van der Waals surface area (Å²) in [6.07, 6.45) is 9.89. The van der Waals surface area contributed by atoms with Crippen molar-refractivity contribution in [1.29, 1.82) is 0 Å². The monoisotopic (exact) mass is 320 g/mol. The minimum absolute atomic E-state index is 0.189. The second-order valence-corrected chi connectivity index (χ2v) is 7.01. The van der Waals surface area contributed by atoms with Crippen LogP contribution < -0.4 is 0 Å². The molecule has 0 unspecified atom stereocenters. The summed E-state index contributed by atoms with van der Waals surface area (Å²) in [5.41, 5.74) is 4.52. The molecule has 0 amide bonds. The lowest BCUT2D eigenvalue weighted by Crippen LogP contribution is -2.14. The van der Waals surface area contributed by atoms with E-state index >= 15 is 0 Å². The van der Waals surface area contributed by atoms with Crippen LogP contribution >= 0.6 is 0 Å².